The van der Waals surface area contributed by atoms with Gasteiger partial charge in [0.2, 0.25) is 0 Å². The number of ether oxygens (including phenoxy) is 1. The number of hydrogen-bond acceptors (Lipinski definition) is 2. The number of alkyl halides is 3. The van der Waals surface area contributed by atoms with E-state index in [1.807, 2.05) is 0 Å². The van der Waals surface area contributed by atoms with Gasteiger partial charge in [0.15, 0.2) is 0 Å². The molecule has 0 atom stereocenters. The van der Waals surface area contributed by atoms with Crippen LogP contribution in [0, 0.1) is 0 Å². The third-order valence-corrected chi connectivity index (χ3v) is 3.24. The van der Waals surface area contributed by atoms with Gasteiger partial charge in [-0.15, -0.1) is 0 Å². The van der Waals surface area contributed by atoms with Gasteiger partial charge in [-0.3, -0.25) is 0 Å². The molecule has 1 aliphatic rings. The first-order valence-electron chi connectivity index (χ1n) is 6.56. The van der Waals surface area contributed by atoms with E-state index < -0.39 is 11.7 Å². The van der Waals surface area contributed by atoms with Crippen molar-refractivity contribution >= 4 is 0 Å². The zero-order chi connectivity index (χ0) is 13.9. The highest BCUT2D eigenvalue weighted by Gasteiger charge is 2.32. The third-order valence-electron chi connectivity index (χ3n) is 3.24. The Labute approximate surface area is 111 Å². The SMILES string of the molecule is CCCNC1CC(Oc2cccc(C(F)(F)F)c2)C1. The molecular weight excluding hydrogens is 255 g/mol. The molecule has 2 rings (SSSR count). The van der Waals surface area contributed by atoms with Crippen molar-refractivity contribution in [2.75, 3.05) is 6.54 Å². The van der Waals surface area contributed by atoms with Crippen LogP contribution in [0.15, 0.2) is 24.3 Å². The zero-order valence-corrected chi connectivity index (χ0v) is 10.8. The second-order valence-electron chi connectivity index (χ2n) is 4.89. The molecule has 106 valence electrons. The summed E-state index contributed by atoms with van der Waals surface area (Å²) in [7, 11) is 0. The molecule has 1 aromatic rings. The second-order valence-corrected chi connectivity index (χ2v) is 4.89. The number of nitrogens with one attached hydrogen (secondary N) is 1. The molecule has 0 heterocycles. The minimum Gasteiger partial charge on any atom is -0.490 e. The van der Waals surface area contributed by atoms with E-state index in [9.17, 15) is 13.2 Å². The van der Waals surface area contributed by atoms with E-state index in [4.69, 9.17) is 4.74 Å². The summed E-state index contributed by atoms with van der Waals surface area (Å²) in [6.45, 7) is 3.07. The fourth-order valence-corrected chi connectivity index (χ4v) is 2.12. The summed E-state index contributed by atoms with van der Waals surface area (Å²) >= 11 is 0. The van der Waals surface area contributed by atoms with Crippen LogP contribution in [0.3, 0.4) is 0 Å². The van der Waals surface area contributed by atoms with E-state index in [1.165, 1.54) is 6.07 Å². The first-order valence-corrected chi connectivity index (χ1v) is 6.56. The lowest BCUT2D eigenvalue weighted by molar-refractivity contribution is -0.137. The quantitative estimate of drug-likeness (QED) is 0.884. The Bertz CT molecular complexity index is 413. The van der Waals surface area contributed by atoms with Crippen molar-refractivity contribution in [3.05, 3.63) is 29.8 Å². The monoisotopic (exact) mass is 273 g/mol. The summed E-state index contributed by atoms with van der Waals surface area (Å²) in [5, 5.41) is 3.36. The van der Waals surface area contributed by atoms with Crippen LogP contribution in [0.2, 0.25) is 0 Å². The summed E-state index contributed by atoms with van der Waals surface area (Å²) in [5.74, 6) is 0.300. The summed E-state index contributed by atoms with van der Waals surface area (Å²) in [6.07, 6.45) is -1.50. The molecule has 0 bridgehead atoms. The van der Waals surface area contributed by atoms with E-state index in [0.717, 1.165) is 37.9 Å². The molecule has 0 aromatic heterocycles. The second kappa shape index (κ2) is 5.82. The predicted octanol–water partition coefficient (Wildman–Crippen LogP) is 3.61. The maximum atomic E-state index is 12.5. The number of benzene rings is 1. The van der Waals surface area contributed by atoms with Crippen molar-refractivity contribution in [3.63, 3.8) is 0 Å². The van der Waals surface area contributed by atoms with E-state index in [-0.39, 0.29) is 6.10 Å². The molecule has 1 fully saturated rings. The van der Waals surface area contributed by atoms with Crippen LogP contribution < -0.4 is 10.1 Å². The number of hydrogen-bond donors (Lipinski definition) is 1. The van der Waals surface area contributed by atoms with Crippen LogP contribution >= 0.6 is 0 Å². The average molecular weight is 273 g/mol. The van der Waals surface area contributed by atoms with Gasteiger partial charge in [0.25, 0.3) is 0 Å². The van der Waals surface area contributed by atoms with Crippen LogP contribution in [-0.4, -0.2) is 18.7 Å². The molecule has 1 aliphatic carbocycles. The Morgan fingerprint density at radius 1 is 1.32 bits per heavy atom. The van der Waals surface area contributed by atoms with Crippen molar-refractivity contribution < 1.29 is 17.9 Å². The lowest BCUT2D eigenvalue weighted by Gasteiger charge is -2.36. The lowest BCUT2D eigenvalue weighted by Crippen LogP contribution is -2.46. The highest BCUT2D eigenvalue weighted by Crippen LogP contribution is 2.33. The molecule has 2 nitrogen and oxygen atoms in total. The molecule has 0 radical (unpaired) electrons. The molecule has 0 amide bonds. The van der Waals surface area contributed by atoms with Crippen molar-refractivity contribution in [1.82, 2.24) is 5.32 Å². The molecule has 1 saturated carbocycles. The van der Waals surface area contributed by atoms with Gasteiger partial charge in [-0.25, -0.2) is 0 Å². The van der Waals surface area contributed by atoms with Crippen molar-refractivity contribution in [3.8, 4) is 5.75 Å². The molecule has 0 aliphatic heterocycles. The normalized spacial score (nSPS) is 22.9. The highest BCUT2D eigenvalue weighted by atomic mass is 19.4. The molecule has 0 saturated heterocycles. The van der Waals surface area contributed by atoms with Gasteiger partial charge in [-0.1, -0.05) is 13.0 Å². The van der Waals surface area contributed by atoms with Gasteiger partial charge in [0, 0.05) is 6.04 Å². The first kappa shape index (κ1) is 14.2. The van der Waals surface area contributed by atoms with Gasteiger partial charge in [-0.05, 0) is 44.0 Å². The topological polar surface area (TPSA) is 21.3 Å². The van der Waals surface area contributed by atoms with E-state index in [2.05, 4.69) is 12.2 Å². The Hall–Kier alpha value is -1.23. The van der Waals surface area contributed by atoms with Crippen LogP contribution in [0.1, 0.15) is 31.7 Å². The Morgan fingerprint density at radius 2 is 2.05 bits per heavy atom. The third kappa shape index (κ3) is 3.86. The molecule has 5 heteroatoms. The van der Waals surface area contributed by atoms with E-state index in [1.54, 1.807) is 6.07 Å². The molecule has 19 heavy (non-hydrogen) atoms. The fraction of sp³-hybridized carbons (Fsp3) is 0.571. The van der Waals surface area contributed by atoms with Crippen LogP contribution in [0.5, 0.6) is 5.75 Å². The van der Waals surface area contributed by atoms with Crippen LogP contribution in [0.4, 0.5) is 13.2 Å². The summed E-state index contributed by atoms with van der Waals surface area (Å²) in [5.41, 5.74) is -0.662. The maximum Gasteiger partial charge on any atom is 0.416 e. The van der Waals surface area contributed by atoms with E-state index >= 15 is 0 Å². The minimum absolute atomic E-state index is 0.0258. The minimum atomic E-state index is -4.32. The zero-order valence-electron chi connectivity index (χ0n) is 10.8. The predicted molar refractivity (Wildman–Crippen MR) is 67.2 cm³/mol. The lowest BCUT2D eigenvalue weighted by atomic mass is 9.89. The summed E-state index contributed by atoms with van der Waals surface area (Å²) in [4.78, 5) is 0. The van der Waals surface area contributed by atoms with Gasteiger partial charge in [0.05, 0.1) is 5.56 Å². The van der Waals surface area contributed by atoms with Crippen LogP contribution in [0.25, 0.3) is 0 Å². The van der Waals surface area contributed by atoms with Gasteiger partial charge in [-0.2, -0.15) is 13.2 Å². The smallest absolute Gasteiger partial charge is 0.416 e. The molecule has 0 spiro atoms. The Kier molecular flexibility index (Phi) is 4.34. The fourth-order valence-electron chi connectivity index (χ4n) is 2.12. The van der Waals surface area contributed by atoms with Crippen molar-refractivity contribution in [2.24, 2.45) is 0 Å². The largest absolute Gasteiger partial charge is 0.490 e. The molecule has 1 aromatic carbocycles. The van der Waals surface area contributed by atoms with Crippen LogP contribution in [-0.2, 0) is 6.18 Å². The standard InChI is InChI=1S/C14H18F3NO/c1-2-6-18-11-8-13(9-11)19-12-5-3-4-10(7-12)14(15,16)17/h3-5,7,11,13,18H,2,6,8-9H2,1H3. The maximum absolute atomic E-state index is 12.5. The first-order chi connectivity index (χ1) is 8.99. The molecular formula is C14H18F3NO. The highest BCUT2D eigenvalue weighted by molar-refractivity contribution is 5.30. The number of rotatable bonds is 5. The summed E-state index contributed by atoms with van der Waals surface area (Å²) in [6, 6.07) is 5.51. The molecule has 1 N–H and O–H groups in total. The average Bonchev–Trinajstić information content (AvgIpc) is 2.31. The van der Waals surface area contributed by atoms with Gasteiger partial charge < -0.3 is 10.1 Å². The number of halogens is 3. The van der Waals surface area contributed by atoms with Gasteiger partial charge >= 0.3 is 6.18 Å². The van der Waals surface area contributed by atoms with Crippen molar-refractivity contribution in [1.29, 1.82) is 0 Å². The van der Waals surface area contributed by atoms with Crippen molar-refractivity contribution in [2.45, 2.75) is 44.5 Å². The van der Waals surface area contributed by atoms with E-state index in [0.29, 0.717) is 11.8 Å². The molecule has 0 unspecified atom stereocenters. The summed E-state index contributed by atoms with van der Waals surface area (Å²) < 4.78 is 43.2. The Balaban J connectivity index is 1.85. The van der Waals surface area contributed by atoms with Gasteiger partial charge in [0.1, 0.15) is 11.9 Å². The Morgan fingerprint density at radius 3 is 2.68 bits per heavy atom.